The maximum absolute atomic E-state index is 5.59. The summed E-state index contributed by atoms with van der Waals surface area (Å²) in [5.41, 5.74) is 0. The summed E-state index contributed by atoms with van der Waals surface area (Å²) in [6.07, 6.45) is 5.51. The molecule has 1 saturated heterocycles. The van der Waals surface area contributed by atoms with Crippen LogP contribution in [0.15, 0.2) is 12.7 Å². The smallest absolute Gasteiger partial charge is 0.0623 e. The zero-order valence-corrected chi connectivity index (χ0v) is 11.5. The van der Waals surface area contributed by atoms with Crippen molar-refractivity contribution in [3.05, 3.63) is 12.7 Å². The molecular weight excluding hydrogens is 212 g/mol. The van der Waals surface area contributed by atoms with Gasteiger partial charge in [-0.15, -0.1) is 6.58 Å². The van der Waals surface area contributed by atoms with Gasteiger partial charge in [0.25, 0.3) is 0 Å². The van der Waals surface area contributed by atoms with Gasteiger partial charge >= 0.3 is 0 Å². The lowest BCUT2D eigenvalue weighted by molar-refractivity contribution is 0.173. The van der Waals surface area contributed by atoms with Crippen LogP contribution in [0.2, 0.25) is 0 Å². The number of rotatable bonds is 9. The Balaban J connectivity index is 2.21. The van der Waals surface area contributed by atoms with Gasteiger partial charge in [-0.2, -0.15) is 0 Å². The van der Waals surface area contributed by atoms with E-state index in [0.29, 0.717) is 12.0 Å². The summed E-state index contributed by atoms with van der Waals surface area (Å²) < 4.78 is 5.59. The number of hydrogen-bond acceptors (Lipinski definition) is 3. The fourth-order valence-corrected chi connectivity index (χ4v) is 2.33. The number of ether oxygens (including phenoxy) is 1. The molecule has 0 spiro atoms. The molecule has 3 heteroatoms. The van der Waals surface area contributed by atoms with Gasteiger partial charge in [-0.05, 0) is 39.4 Å². The second kappa shape index (κ2) is 8.67. The first kappa shape index (κ1) is 14.7. The Morgan fingerprint density at radius 1 is 1.47 bits per heavy atom. The Hall–Kier alpha value is -0.380. The van der Waals surface area contributed by atoms with Crippen molar-refractivity contribution < 1.29 is 4.74 Å². The van der Waals surface area contributed by atoms with Crippen molar-refractivity contribution in [1.29, 1.82) is 0 Å². The van der Waals surface area contributed by atoms with E-state index in [2.05, 4.69) is 30.8 Å². The fraction of sp³-hybridized carbons (Fsp3) is 0.857. The molecule has 1 N–H and O–H groups in total. The van der Waals surface area contributed by atoms with Gasteiger partial charge in [0, 0.05) is 18.5 Å². The first-order chi connectivity index (χ1) is 8.27. The standard InChI is InChI=1S/C14H28N2O/c1-4-6-7-9-16(3)10-13-11-17-12-14(13)15-8-5-2/h4,13-15H,1,5-12H2,2-3H3. The average Bonchev–Trinajstić information content (AvgIpc) is 2.74. The van der Waals surface area contributed by atoms with Gasteiger partial charge in [-0.25, -0.2) is 0 Å². The van der Waals surface area contributed by atoms with Crippen molar-refractivity contribution in [3.63, 3.8) is 0 Å². The predicted molar refractivity (Wildman–Crippen MR) is 73.3 cm³/mol. The molecule has 0 saturated carbocycles. The number of allylic oxidation sites excluding steroid dienone is 1. The molecular formula is C14H28N2O. The minimum absolute atomic E-state index is 0.553. The van der Waals surface area contributed by atoms with E-state index in [9.17, 15) is 0 Å². The minimum atomic E-state index is 0.553. The molecule has 1 rings (SSSR count). The molecule has 0 amide bonds. The molecule has 0 aromatic carbocycles. The highest BCUT2D eigenvalue weighted by Gasteiger charge is 2.28. The van der Waals surface area contributed by atoms with Crippen LogP contribution in [0.4, 0.5) is 0 Å². The van der Waals surface area contributed by atoms with Gasteiger partial charge in [-0.1, -0.05) is 13.0 Å². The molecule has 0 aromatic heterocycles. The van der Waals surface area contributed by atoms with Crippen molar-refractivity contribution in [2.45, 2.75) is 32.2 Å². The normalized spacial score (nSPS) is 24.4. The maximum Gasteiger partial charge on any atom is 0.0623 e. The SMILES string of the molecule is C=CCCCN(C)CC1COCC1NCCC. The van der Waals surface area contributed by atoms with Gasteiger partial charge in [-0.3, -0.25) is 0 Å². The summed E-state index contributed by atoms with van der Waals surface area (Å²) in [4.78, 5) is 2.42. The lowest BCUT2D eigenvalue weighted by atomic mass is 10.0. The molecule has 2 atom stereocenters. The van der Waals surface area contributed by atoms with E-state index < -0.39 is 0 Å². The van der Waals surface area contributed by atoms with Crippen LogP contribution in [0, 0.1) is 5.92 Å². The summed E-state index contributed by atoms with van der Waals surface area (Å²) in [6, 6.07) is 0.553. The van der Waals surface area contributed by atoms with E-state index in [4.69, 9.17) is 4.74 Å². The van der Waals surface area contributed by atoms with Crippen LogP contribution >= 0.6 is 0 Å². The maximum atomic E-state index is 5.59. The highest BCUT2D eigenvalue weighted by atomic mass is 16.5. The Labute approximate surface area is 106 Å². The topological polar surface area (TPSA) is 24.5 Å². The second-order valence-electron chi connectivity index (χ2n) is 5.05. The van der Waals surface area contributed by atoms with Gasteiger partial charge in [0.15, 0.2) is 0 Å². The molecule has 1 fully saturated rings. The first-order valence-electron chi connectivity index (χ1n) is 6.88. The monoisotopic (exact) mass is 240 g/mol. The molecule has 0 radical (unpaired) electrons. The van der Waals surface area contributed by atoms with Gasteiger partial charge in [0.05, 0.1) is 13.2 Å². The predicted octanol–water partition coefficient (Wildman–Crippen LogP) is 1.90. The zero-order valence-electron chi connectivity index (χ0n) is 11.5. The van der Waals surface area contributed by atoms with Crippen LogP contribution in [-0.4, -0.2) is 50.8 Å². The summed E-state index contributed by atoms with van der Waals surface area (Å²) in [5, 5.41) is 3.59. The molecule has 1 aliphatic rings. The highest BCUT2D eigenvalue weighted by Crippen LogP contribution is 2.15. The minimum Gasteiger partial charge on any atom is -0.379 e. The third kappa shape index (κ3) is 5.66. The molecule has 3 nitrogen and oxygen atoms in total. The Morgan fingerprint density at radius 2 is 2.29 bits per heavy atom. The number of nitrogens with zero attached hydrogens (tertiary/aromatic N) is 1. The second-order valence-corrected chi connectivity index (χ2v) is 5.05. The molecule has 1 heterocycles. The molecule has 2 unspecified atom stereocenters. The Morgan fingerprint density at radius 3 is 3.00 bits per heavy atom. The van der Waals surface area contributed by atoms with Crippen molar-refractivity contribution in [2.75, 3.05) is 39.9 Å². The zero-order chi connectivity index (χ0) is 12.5. The summed E-state index contributed by atoms with van der Waals surface area (Å²) in [7, 11) is 2.21. The Kier molecular flexibility index (Phi) is 7.49. The quantitative estimate of drug-likeness (QED) is 0.492. The molecule has 0 bridgehead atoms. The summed E-state index contributed by atoms with van der Waals surface area (Å²) in [5.74, 6) is 0.648. The lowest BCUT2D eigenvalue weighted by Gasteiger charge is -2.24. The lowest BCUT2D eigenvalue weighted by Crippen LogP contribution is -2.41. The molecule has 1 aliphatic heterocycles. The third-order valence-corrected chi connectivity index (χ3v) is 3.35. The van der Waals surface area contributed by atoms with Crippen molar-refractivity contribution in [2.24, 2.45) is 5.92 Å². The van der Waals surface area contributed by atoms with Crippen molar-refractivity contribution in [3.8, 4) is 0 Å². The largest absolute Gasteiger partial charge is 0.379 e. The van der Waals surface area contributed by atoms with Crippen LogP contribution in [0.1, 0.15) is 26.2 Å². The number of hydrogen-bond donors (Lipinski definition) is 1. The van der Waals surface area contributed by atoms with E-state index in [1.54, 1.807) is 0 Å². The van der Waals surface area contributed by atoms with Crippen LogP contribution in [0.3, 0.4) is 0 Å². The van der Waals surface area contributed by atoms with Crippen LogP contribution in [0.25, 0.3) is 0 Å². The third-order valence-electron chi connectivity index (χ3n) is 3.35. The number of unbranched alkanes of at least 4 members (excludes halogenated alkanes) is 1. The average molecular weight is 240 g/mol. The van der Waals surface area contributed by atoms with E-state index in [1.165, 1.54) is 12.8 Å². The van der Waals surface area contributed by atoms with E-state index in [1.807, 2.05) is 6.08 Å². The highest BCUT2D eigenvalue weighted by molar-refractivity contribution is 4.83. The Bertz CT molecular complexity index is 208. The molecule has 0 aliphatic carbocycles. The van der Waals surface area contributed by atoms with Crippen LogP contribution < -0.4 is 5.32 Å². The van der Waals surface area contributed by atoms with E-state index in [0.717, 1.165) is 39.3 Å². The van der Waals surface area contributed by atoms with E-state index in [-0.39, 0.29) is 0 Å². The van der Waals surface area contributed by atoms with Crippen molar-refractivity contribution >= 4 is 0 Å². The van der Waals surface area contributed by atoms with Crippen LogP contribution in [-0.2, 0) is 4.74 Å². The molecule has 17 heavy (non-hydrogen) atoms. The van der Waals surface area contributed by atoms with Gasteiger partial charge in [0.2, 0.25) is 0 Å². The van der Waals surface area contributed by atoms with Crippen molar-refractivity contribution in [1.82, 2.24) is 10.2 Å². The van der Waals surface area contributed by atoms with Gasteiger partial charge < -0.3 is 15.0 Å². The van der Waals surface area contributed by atoms with Gasteiger partial charge in [0.1, 0.15) is 0 Å². The number of nitrogens with one attached hydrogen (secondary N) is 1. The molecule has 0 aromatic rings. The van der Waals surface area contributed by atoms with Crippen LogP contribution in [0.5, 0.6) is 0 Å². The molecule has 100 valence electrons. The summed E-state index contributed by atoms with van der Waals surface area (Å²) in [6.45, 7) is 11.2. The fourth-order valence-electron chi connectivity index (χ4n) is 2.33. The van der Waals surface area contributed by atoms with E-state index >= 15 is 0 Å². The first-order valence-corrected chi connectivity index (χ1v) is 6.88. The summed E-state index contributed by atoms with van der Waals surface area (Å²) >= 11 is 0.